The first-order chi connectivity index (χ1) is 13.3. The Hall–Kier alpha value is -2.46. The van der Waals surface area contributed by atoms with Gasteiger partial charge in [-0.05, 0) is 17.7 Å². The van der Waals surface area contributed by atoms with E-state index in [-0.39, 0.29) is 17.2 Å². The van der Waals surface area contributed by atoms with Gasteiger partial charge < -0.3 is 10.1 Å². The number of amides is 1. The summed E-state index contributed by atoms with van der Waals surface area (Å²) in [5, 5.41) is 15.3. The normalized spacial score (nSPS) is 11.6. The summed E-state index contributed by atoms with van der Waals surface area (Å²) < 4.78 is 6.97. The van der Waals surface area contributed by atoms with Gasteiger partial charge in [0.1, 0.15) is 11.4 Å². The number of hydrogen-bond donors (Lipinski definition) is 1. The van der Waals surface area contributed by atoms with E-state index < -0.39 is 5.41 Å². The monoisotopic (exact) mass is 419 g/mol. The minimum atomic E-state index is -0.413. The molecule has 148 valence electrons. The number of ether oxygens (including phenoxy) is 1. The zero-order valence-electron chi connectivity index (χ0n) is 16.1. The quantitative estimate of drug-likeness (QED) is 0.612. The van der Waals surface area contributed by atoms with Gasteiger partial charge in [-0.1, -0.05) is 56.0 Å². The zero-order valence-corrected chi connectivity index (χ0v) is 17.7. The van der Waals surface area contributed by atoms with Crippen molar-refractivity contribution in [3.05, 3.63) is 45.9 Å². The second kappa shape index (κ2) is 8.27. The number of rotatable bonds is 6. The van der Waals surface area contributed by atoms with Crippen LogP contribution in [0.1, 0.15) is 32.0 Å². The van der Waals surface area contributed by atoms with Crippen LogP contribution < -0.4 is 15.6 Å². The molecule has 3 rings (SSSR count). The maximum absolute atomic E-state index is 12.5. The Labute approximate surface area is 170 Å². The maximum atomic E-state index is 12.5. The molecule has 0 aliphatic rings. The summed E-state index contributed by atoms with van der Waals surface area (Å²) in [7, 11) is 1.61. The predicted octanol–water partition coefficient (Wildman–Crippen LogP) is 2.26. The highest BCUT2D eigenvalue weighted by molar-refractivity contribution is 8.01. The Balaban J connectivity index is 1.60. The van der Waals surface area contributed by atoms with Gasteiger partial charge in [-0.2, -0.15) is 4.52 Å². The molecule has 10 heteroatoms. The largest absolute Gasteiger partial charge is 0.497 e. The number of carbonyl (C=O) groups is 1. The first-order valence-electron chi connectivity index (χ1n) is 8.57. The van der Waals surface area contributed by atoms with Crippen molar-refractivity contribution in [2.45, 2.75) is 37.1 Å². The highest BCUT2D eigenvalue weighted by Gasteiger charge is 2.23. The van der Waals surface area contributed by atoms with E-state index in [4.69, 9.17) is 4.74 Å². The van der Waals surface area contributed by atoms with Crippen LogP contribution in [0.15, 0.2) is 33.4 Å². The lowest BCUT2D eigenvalue weighted by molar-refractivity contribution is -0.118. The summed E-state index contributed by atoms with van der Waals surface area (Å²) in [6.45, 7) is 6.14. The molecule has 0 radical (unpaired) electrons. The molecular formula is C18H21N5O3S2. The minimum absolute atomic E-state index is 0.117. The van der Waals surface area contributed by atoms with E-state index >= 15 is 0 Å². The van der Waals surface area contributed by atoms with E-state index in [1.807, 2.05) is 45.0 Å². The van der Waals surface area contributed by atoms with Crippen LogP contribution in [0, 0.1) is 0 Å². The first kappa shape index (κ1) is 20.3. The summed E-state index contributed by atoms with van der Waals surface area (Å²) in [6.07, 6.45) is 0. The highest BCUT2D eigenvalue weighted by Crippen LogP contribution is 2.23. The van der Waals surface area contributed by atoms with E-state index in [2.05, 4.69) is 20.6 Å². The van der Waals surface area contributed by atoms with Crippen LogP contribution in [0.4, 0.5) is 0 Å². The van der Waals surface area contributed by atoms with Crippen molar-refractivity contribution in [2.24, 2.45) is 0 Å². The molecular weight excluding hydrogens is 398 g/mol. The van der Waals surface area contributed by atoms with Gasteiger partial charge in [-0.25, -0.2) is 0 Å². The average molecular weight is 420 g/mol. The molecule has 0 saturated carbocycles. The van der Waals surface area contributed by atoms with Crippen LogP contribution in [-0.2, 0) is 16.8 Å². The fourth-order valence-corrected chi connectivity index (χ4v) is 4.05. The van der Waals surface area contributed by atoms with Gasteiger partial charge in [0, 0.05) is 12.0 Å². The molecule has 0 atom stereocenters. The number of carbonyl (C=O) groups excluding carboxylic acids is 1. The molecule has 1 aromatic carbocycles. The molecule has 1 amide bonds. The topological polar surface area (TPSA) is 98.5 Å². The van der Waals surface area contributed by atoms with Crippen molar-refractivity contribution in [3.63, 3.8) is 0 Å². The molecule has 1 N–H and O–H groups in total. The SMILES string of the molecule is COc1ccc(CNC(=O)CSc2nn3c(=O)c(C(C)(C)C)nnc3s2)cc1. The number of thioether (sulfide) groups is 1. The lowest BCUT2D eigenvalue weighted by Gasteiger charge is -2.14. The molecule has 2 heterocycles. The minimum Gasteiger partial charge on any atom is -0.497 e. The molecule has 0 aliphatic heterocycles. The second-order valence-electron chi connectivity index (χ2n) is 7.08. The standard InChI is InChI=1S/C18H21N5O3S2/c1-18(2,3)14-15(25)23-16(21-20-14)28-17(22-23)27-10-13(24)19-9-11-5-7-12(26-4)8-6-11/h5-8H,9-10H2,1-4H3,(H,19,24). The van der Waals surface area contributed by atoms with Gasteiger partial charge in [0.15, 0.2) is 4.34 Å². The Morgan fingerprint density at radius 2 is 1.96 bits per heavy atom. The van der Waals surface area contributed by atoms with E-state index in [1.165, 1.54) is 27.6 Å². The molecule has 0 bridgehead atoms. The van der Waals surface area contributed by atoms with Crippen molar-refractivity contribution in [3.8, 4) is 5.75 Å². The molecule has 0 unspecified atom stereocenters. The number of methoxy groups -OCH3 is 1. The van der Waals surface area contributed by atoms with E-state index in [9.17, 15) is 9.59 Å². The lowest BCUT2D eigenvalue weighted by atomic mass is 9.93. The maximum Gasteiger partial charge on any atom is 0.297 e. The van der Waals surface area contributed by atoms with Crippen LogP contribution in [0.2, 0.25) is 0 Å². The molecule has 3 aromatic rings. The third kappa shape index (κ3) is 4.68. The van der Waals surface area contributed by atoms with Crippen LogP contribution in [-0.4, -0.2) is 38.6 Å². The van der Waals surface area contributed by atoms with Gasteiger partial charge in [0.2, 0.25) is 10.9 Å². The molecule has 0 spiro atoms. The smallest absolute Gasteiger partial charge is 0.297 e. The fourth-order valence-electron chi connectivity index (χ4n) is 2.35. The van der Waals surface area contributed by atoms with Crippen molar-refractivity contribution >= 4 is 34.0 Å². The van der Waals surface area contributed by atoms with E-state index in [0.29, 0.717) is 21.5 Å². The Kier molecular flexibility index (Phi) is 5.99. The molecule has 0 saturated heterocycles. The summed E-state index contributed by atoms with van der Waals surface area (Å²) in [5.74, 6) is 0.855. The second-order valence-corrected chi connectivity index (χ2v) is 9.26. The van der Waals surface area contributed by atoms with Crippen LogP contribution >= 0.6 is 23.1 Å². The van der Waals surface area contributed by atoms with Crippen LogP contribution in [0.25, 0.3) is 4.96 Å². The van der Waals surface area contributed by atoms with Gasteiger partial charge in [0.25, 0.3) is 5.56 Å². The zero-order chi connectivity index (χ0) is 20.3. The van der Waals surface area contributed by atoms with Crippen molar-refractivity contribution in [1.29, 1.82) is 0 Å². The number of nitrogens with zero attached hydrogens (tertiary/aromatic N) is 4. The third-order valence-corrected chi connectivity index (χ3v) is 5.89. The Bertz CT molecular complexity index is 1040. The van der Waals surface area contributed by atoms with Crippen LogP contribution in [0.3, 0.4) is 0 Å². The first-order valence-corrected chi connectivity index (χ1v) is 10.4. The molecule has 0 fully saturated rings. The summed E-state index contributed by atoms with van der Waals surface area (Å²) in [6, 6.07) is 7.50. The predicted molar refractivity (Wildman–Crippen MR) is 109 cm³/mol. The molecule has 0 aliphatic carbocycles. The number of hydrogen-bond acceptors (Lipinski definition) is 8. The van der Waals surface area contributed by atoms with Gasteiger partial charge in [-0.3, -0.25) is 9.59 Å². The number of benzene rings is 1. The Morgan fingerprint density at radius 3 is 2.61 bits per heavy atom. The Morgan fingerprint density at radius 1 is 1.25 bits per heavy atom. The third-order valence-electron chi connectivity index (χ3n) is 3.86. The number of fused-ring (bicyclic) bond motifs is 1. The van der Waals surface area contributed by atoms with Gasteiger partial charge >= 0.3 is 0 Å². The lowest BCUT2D eigenvalue weighted by Crippen LogP contribution is -2.30. The van der Waals surface area contributed by atoms with Gasteiger partial charge in [0.05, 0.1) is 12.9 Å². The van der Waals surface area contributed by atoms with E-state index in [0.717, 1.165) is 11.3 Å². The van der Waals surface area contributed by atoms with Crippen LogP contribution in [0.5, 0.6) is 5.75 Å². The van der Waals surface area contributed by atoms with Crippen molar-refractivity contribution in [2.75, 3.05) is 12.9 Å². The van der Waals surface area contributed by atoms with Crippen molar-refractivity contribution in [1.82, 2.24) is 25.1 Å². The average Bonchev–Trinajstić information content (AvgIpc) is 3.08. The van der Waals surface area contributed by atoms with Crippen molar-refractivity contribution < 1.29 is 9.53 Å². The molecule has 28 heavy (non-hydrogen) atoms. The summed E-state index contributed by atoms with van der Waals surface area (Å²) in [4.78, 5) is 25.1. The number of aromatic nitrogens is 4. The highest BCUT2D eigenvalue weighted by atomic mass is 32.2. The van der Waals surface area contributed by atoms with Gasteiger partial charge in [-0.15, -0.1) is 15.3 Å². The summed E-state index contributed by atoms with van der Waals surface area (Å²) in [5.41, 5.74) is 0.660. The fraction of sp³-hybridized carbons (Fsp3) is 0.389. The van der Waals surface area contributed by atoms with E-state index in [1.54, 1.807) is 7.11 Å². The summed E-state index contributed by atoms with van der Waals surface area (Å²) >= 11 is 2.50. The molecule has 2 aromatic heterocycles. The molecule has 8 nitrogen and oxygen atoms in total. The number of nitrogens with one attached hydrogen (secondary N) is 1.